The van der Waals surface area contributed by atoms with Crippen molar-refractivity contribution in [2.24, 2.45) is 5.10 Å². The molecule has 0 radical (unpaired) electrons. The van der Waals surface area contributed by atoms with E-state index < -0.39 is 10.8 Å². The zero-order chi connectivity index (χ0) is 18.2. The summed E-state index contributed by atoms with van der Waals surface area (Å²) in [6, 6.07) is 10.6. The van der Waals surface area contributed by atoms with Gasteiger partial charge in [0, 0.05) is 6.07 Å². The van der Waals surface area contributed by atoms with Gasteiger partial charge < -0.3 is 9.47 Å². The molecule has 0 aromatic heterocycles. The molecule has 0 bridgehead atoms. The topological polar surface area (TPSA) is 103 Å². The summed E-state index contributed by atoms with van der Waals surface area (Å²) in [7, 11) is 1.51. The van der Waals surface area contributed by atoms with Crippen LogP contribution < -0.4 is 14.9 Å². The van der Waals surface area contributed by atoms with Crippen LogP contribution in [0, 0.1) is 10.1 Å². The molecule has 2 aromatic rings. The number of ether oxygens (including phenoxy) is 2. The van der Waals surface area contributed by atoms with Gasteiger partial charge in [0.1, 0.15) is 11.5 Å². The first-order valence-electron chi connectivity index (χ1n) is 7.02. The first kappa shape index (κ1) is 18.2. The Labute approximate surface area is 148 Å². The fraction of sp³-hybridized carbons (Fsp3) is 0.125. The largest absolute Gasteiger partial charge is 0.495 e. The van der Waals surface area contributed by atoms with E-state index in [2.05, 4.69) is 10.5 Å². The summed E-state index contributed by atoms with van der Waals surface area (Å²) in [4.78, 5) is 21.8. The van der Waals surface area contributed by atoms with Crippen LogP contribution >= 0.6 is 11.6 Å². The molecular weight excluding hydrogens is 350 g/mol. The summed E-state index contributed by atoms with van der Waals surface area (Å²) in [6.45, 7) is -0.331. The van der Waals surface area contributed by atoms with Crippen LogP contribution in [0.2, 0.25) is 5.02 Å². The highest BCUT2D eigenvalue weighted by atomic mass is 35.5. The Kier molecular flexibility index (Phi) is 6.30. The normalized spacial score (nSPS) is 10.5. The number of nitro groups is 1. The van der Waals surface area contributed by atoms with E-state index in [0.717, 1.165) is 0 Å². The standard InChI is InChI=1S/C16H14ClN3O5/c1-24-15-6-5-11(7-14(15)17)9-18-19-16(21)10-25-13-4-2-3-12(8-13)20(22)23/h2-9H,10H2,1H3,(H,19,21). The molecule has 0 saturated heterocycles. The maximum atomic E-state index is 11.7. The number of rotatable bonds is 7. The second kappa shape index (κ2) is 8.65. The van der Waals surface area contributed by atoms with Crippen LogP contribution in [-0.2, 0) is 4.79 Å². The lowest BCUT2D eigenvalue weighted by Crippen LogP contribution is -2.24. The molecule has 8 nitrogen and oxygen atoms in total. The number of hydrogen-bond donors (Lipinski definition) is 1. The Morgan fingerprint density at radius 3 is 2.84 bits per heavy atom. The first-order valence-corrected chi connectivity index (χ1v) is 7.40. The van der Waals surface area contributed by atoms with Gasteiger partial charge in [0.15, 0.2) is 6.61 Å². The van der Waals surface area contributed by atoms with Crippen molar-refractivity contribution in [1.82, 2.24) is 5.43 Å². The third kappa shape index (κ3) is 5.47. The van der Waals surface area contributed by atoms with Crippen molar-refractivity contribution in [3.05, 3.63) is 63.2 Å². The van der Waals surface area contributed by atoms with Crippen LogP contribution in [-0.4, -0.2) is 30.8 Å². The van der Waals surface area contributed by atoms with E-state index in [0.29, 0.717) is 16.3 Å². The zero-order valence-corrected chi connectivity index (χ0v) is 13.9. The molecule has 0 unspecified atom stereocenters. The van der Waals surface area contributed by atoms with Gasteiger partial charge in [-0.25, -0.2) is 5.43 Å². The van der Waals surface area contributed by atoms with Gasteiger partial charge in [0.25, 0.3) is 11.6 Å². The predicted molar refractivity (Wildman–Crippen MR) is 92.3 cm³/mol. The first-order chi connectivity index (χ1) is 12.0. The van der Waals surface area contributed by atoms with Crippen molar-refractivity contribution in [2.75, 3.05) is 13.7 Å². The summed E-state index contributed by atoms with van der Waals surface area (Å²) >= 11 is 5.98. The van der Waals surface area contributed by atoms with Gasteiger partial charge in [-0.2, -0.15) is 5.10 Å². The summed E-state index contributed by atoms with van der Waals surface area (Å²) in [5.74, 6) is 0.242. The second-order valence-electron chi connectivity index (χ2n) is 4.73. The number of amides is 1. The molecule has 0 aliphatic heterocycles. The van der Waals surface area contributed by atoms with Crippen molar-refractivity contribution in [3.8, 4) is 11.5 Å². The smallest absolute Gasteiger partial charge is 0.277 e. The van der Waals surface area contributed by atoms with Gasteiger partial charge in [-0.1, -0.05) is 17.7 Å². The van der Waals surface area contributed by atoms with Gasteiger partial charge in [-0.3, -0.25) is 14.9 Å². The lowest BCUT2D eigenvalue weighted by molar-refractivity contribution is -0.384. The SMILES string of the molecule is COc1ccc(C=NNC(=O)COc2cccc([N+](=O)[O-])c2)cc1Cl. The summed E-state index contributed by atoms with van der Waals surface area (Å²) in [5, 5.41) is 14.9. The van der Waals surface area contributed by atoms with Gasteiger partial charge in [0.2, 0.25) is 0 Å². The van der Waals surface area contributed by atoms with Gasteiger partial charge in [-0.15, -0.1) is 0 Å². The van der Waals surface area contributed by atoms with Crippen LogP contribution in [0.4, 0.5) is 5.69 Å². The molecule has 0 fully saturated rings. The molecule has 0 aliphatic carbocycles. The number of nitrogens with one attached hydrogen (secondary N) is 1. The van der Waals surface area contributed by atoms with Gasteiger partial charge in [0.05, 0.1) is 29.3 Å². The van der Waals surface area contributed by atoms with E-state index >= 15 is 0 Å². The van der Waals surface area contributed by atoms with Crippen LogP contribution in [0.1, 0.15) is 5.56 Å². The Morgan fingerprint density at radius 1 is 1.36 bits per heavy atom. The minimum absolute atomic E-state index is 0.118. The molecule has 0 saturated carbocycles. The van der Waals surface area contributed by atoms with Crippen LogP contribution in [0.3, 0.4) is 0 Å². The number of hydrazone groups is 1. The number of methoxy groups -OCH3 is 1. The third-order valence-electron chi connectivity index (χ3n) is 2.98. The summed E-state index contributed by atoms with van der Waals surface area (Å²) < 4.78 is 10.2. The number of carbonyl (C=O) groups excluding carboxylic acids is 1. The van der Waals surface area contributed by atoms with E-state index in [-0.39, 0.29) is 18.0 Å². The maximum Gasteiger partial charge on any atom is 0.277 e. The Hall–Kier alpha value is -3.13. The van der Waals surface area contributed by atoms with Crippen molar-refractivity contribution in [3.63, 3.8) is 0 Å². The highest BCUT2D eigenvalue weighted by Crippen LogP contribution is 2.24. The number of hydrogen-bond acceptors (Lipinski definition) is 6. The fourth-order valence-electron chi connectivity index (χ4n) is 1.81. The predicted octanol–water partition coefficient (Wildman–Crippen LogP) is 2.79. The van der Waals surface area contributed by atoms with E-state index in [1.807, 2.05) is 0 Å². The minimum atomic E-state index is -0.544. The quantitative estimate of drug-likeness (QED) is 0.463. The van der Waals surface area contributed by atoms with E-state index in [1.165, 1.54) is 37.6 Å². The average molecular weight is 364 g/mol. The molecule has 0 atom stereocenters. The van der Waals surface area contributed by atoms with Crippen LogP contribution in [0.25, 0.3) is 0 Å². The molecule has 9 heteroatoms. The van der Waals surface area contributed by atoms with Crippen molar-refractivity contribution in [1.29, 1.82) is 0 Å². The highest BCUT2D eigenvalue weighted by molar-refractivity contribution is 6.32. The van der Waals surface area contributed by atoms with Crippen LogP contribution in [0.15, 0.2) is 47.6 Å². The number of nitro benzene ring substituents is 1. The number of non-ortho nitro benzene ring substituents is 1. The Bertz CT molecular complexity index is 810. The number of halogens is 1. The number of benzene rings is 2. The Morgan fingerprint density at radius 2 is 2.16 bits per heavy atom. The molecule has 25 heavy (non-hydrogen) atoms. The van der Waals surface area contributed by atoms with Crippen molar-refractivity contribution < 1.29 is 19.2 Å². The molecule has 0 heterocycles. The second-order valence-corrected chi connectivity index (χ2v) is 5.14. The maximum absolute atomic E-state index is 11.7. The molecule has 2 aromatic carbocycles. The van der Waals surface area contributed by atoms with Crippen molar-refractivity contribution >= 4 is 29.4 Å². The summed E-state index contributed by atoms with van der Waals surface area (Å²) in [5.41, 5.74) is 2.84. The highest BCUT2D eigenvalue weighted by Gasteiger charge is 2.08. The number of carbonyl (C=O) groups is 1. The van der Waals surface area contributed by atoms with E-state index in [1.54, 1.807) is 18.2 Å². The minimum Gasteiger partial charge on any atom is -0.495 e. The molecule has 0 spiro atoms. The molecular formula is C16H14ClN3O5. The van der Waals surface area contributed by atoms with Gasteiger partial charge in [-0.05, 0) is 29.8 Å². The molecule has 1 amide bonds. The third-order valence-corrected chi connectivity index (χ3v) is 3.27. The molecule has 0 aliphatic rings. The average Bonchev–Trinajstić information content (AvgIpc) is 2.60. The summed E-state index contributed by atoms with van der Waals surface area (Å²) in [6.07, 6.45) is 1.41. The molecule has 2 rings (SSSR count). The van der Waals surface area contributed by atoms with E-state index in [9.17, 15) is 14.9 Å². The molecule has 130 valence electrons. The van der Waals surface area contributed by atoms with Gasteiger partial charge >= 0.3 is 0 Å². The monoisotopic (exact) mass is 363 g/mol. The van der Waals surface area contributed by atoms with Crippen LogP contribution in [0.5, 0.6) is 11.5 Å². The lowest BCUT2D eigenvalue weighted by atomic mass is 10.2. The Balaban J connectivity index is 1.85. The molecule has 1 N–H and O–H groups in total. The number of nitrogens with zero attached hydrogens (tertiary/aromatic N) is 2. The van der Waals surface area contributed by atoms with E-state index in [4.69, 9.17) is 21.1 Å². The lowest BCUT2D eigenvalue weighted by Gasteiger charge is -2.05. The zero-order valence-electron chi connectivity index (χ0n) is 13.1. The van der Waals surface area contributed by atoms with Crippen molar-refractivity contribution in [2.45, 2.75) is 0 Å². The fourth-order valence-corrected chi connectivity index (χ4v) is 2.08.